The van der Waals surface area contributed by atoms with Crippen LogP contribution in [0.4, 0.5) is 10.5 Å². The molecule has 0 bridgehead atoms. The molecule has 0 aliphatic carbocycles. The Morgan fingerprint density at radius 2 is 1.92 bits per heavy atom. The molecule has 0 spiro atoms. The minimum absolute atomic E-state index is 0.124. The average molecular weight is 341 g/mol. The number of hydrogen-bond donors (Lipinski definition) is 3. The Hall–Kier alpha value is -3.55. The third kappa shape index (κ3) is 4.47. The predicted molar refractivity (Wildman–Crippen MR) is 90.1 cm³/mol. The Morgan fingerprint density at radius 3 is 2.72 bits per heavy atom. The zero-order chi connectivity index (χ0) is 17.6. The lowest BCUT2D eigenvalue weighted by atomic mass is 10.2. The van der Waals surface area contributed by atoms with E-state index in [-0.39, 0.29) is 13.2 Å². The van der Waals surface area contributed by atoms with E-state index in [9.17, 15) is 14.4 Å². The summed E-state index contributed by atoms with van der Waals surface area (Å²) in [5, 5.41) is 4.96. The molecule has 0 radical (unpaired) electrons. The summed E-state index contributed by atoms with van der Waals surface area (Å²) >= 11 is 0. The summed E-state index contributed by atoms with van der Waals surface area (Å²) in [6, 6.07) is 13.9. The molecule has 128 valence electrons. The van der Waals surface area contributed by atoms with Crippen molar-refractivity contribution >= 4 is 28.8 Å². The van der Waals surface area contributed by atoms with Crippen molar-refractivity contribution in [1.82, 2.24) is 10.3 Å². The zero-order valence-electron chi connectivity index (χ0n) is 13.1. The van der Waals surface area contributed by atoms with Gasteiger partial charge in [-0.1, -0.05) is 30.3 Å². The molecule has 0 saturated heterocycles. The third-order valence-electron chi connectivity index (χ3n) is 3.31. The lowest BCUT2D eigenvalue weighted by Crippen LogP contribution is -2.33. The molecule has 0 atom stereocenters. The molecule has 0 fully saturated rings. The van der Waals surface area contributed by atoms with Crippen LogP contribution in [0, 0.1) is 0 Å². The fourth-order valence-electron chi connectivity index (χ4n) is 2.16. The second kappa shape index (κ2) is 7.35. The van der Waals surface area contributed by atoms with E-state index in [1.54, 1.807) is 18.2 Å². The minimum atomic E-state index is -0.686. The van der Waals surface area contributed by atoms with E-state index in [1.807, 2.05) is 30.3 Å². The van der Waals surface area contributed by atoms with Crippen LogP contribution >= 0.6 is 0 Å². The van der Waals surface area contributed by atoms with Crippen molar-refractivity contribution < 1.29 is 18.7 Å². The van der Waals surface area contributed by atoms with Crippen LogP contribution in [0.15, 0.2) is 57.7 Å². The van der Waals surface area contributed by atoms with Crippen molar-refractivity contribution in [1.29, 1.82) is 0 Å². The van der Waals surface area contributed by atoms with Crippen LogP contribution in [-0.2, 0) is 16.1 Å². The minimum Gasteiger partial charge on any atom is -0.445 e. The van der Waals surface area contributed by atoms with Gasteiger partial charge in [0.1, 0.15) is 13.2 Å². The topological polar surface area (TPSA) is 113 Å². The molecule has 3 rings (SSSR count). The number of carbonyl (C=O) groups excluding carboxylic acids is 2. The maximum Gasteiger partial charge on any atom is 0.417 e. The van der Waals surface area contributed by atoms with Crippen molar-refractivity contribution in [2.24, 2.45) is 0 Å². The first kappa shape index (κ1) is 16.3. The number of nitrogens with one attached hydrogen (secondary N) is 3. The summed E-state index contributed by atoms with van der Waals surface area (Å²) in [5.41, 5.74) is 2.18. The summed E-state index contributed by atoms with van der Waals surface area (Å²) in [6.07, 6.45) is -0.686. The van der Waals surface area contributed by atoms with Gasteiger partial charge in [0.2, 0.25) is 5.91 Å². The smallest absolute Gasteiger partial charge is 0.417 e. The van der Waals surface area contributed by atoms with Gasteiger partial charge in [0.05, 0.1) is 5.52 Å². The number of aromatic nitrogens is 1. The van der Waals surface area contributed by atoms with E-state index in [2.05, 4.69) is 15.6 Å². The number of oxazole rings is 1. The molecule has 8 heteroatoms. The Bertz CT molecular complexity index is 946. The number of hydrogen-bond acceptors (Lipinski definition) is 5. The monoisotopic (exact) mass is 341 g/mol. The first-order chi connectivity index (χ1) is 12.1. The van der Waals surface area contributed by atoms with Gasteiger partial charge in [-0.2, -0.15) is 0 Å². The average Bonchev–Trinajstić information content (AvgIpc) is 2.98. The third-order valence-corrected chi connectivity index (χ3v) is 3.31. The van der Waals surface area contributed by atoms with Crippen molar-refractivity contribution in [3.63, 3.8) is 0 Å². The van der Waals surface area contributed by atoms with E-state index in [0.29, 0.717) is 16.8 Å². The van der Waals surface area contributed by atoms with Crippen molar-refractivity contribution in [3.05, 3.63) is 64.6 Å². The molecule has 1 aromatic heterocycles. The summed E-state index contributed by atoms with van der Waals surface area (Å²) in [6.45, 7) is -0.119. The van der Waals surface area contributed by atoms with E-state index in [4.69, 9.17) is 9.15 Å². The Kier molecular flexibility index (Phi) is 4.79. The first-order valence-corrected chi connectivity index (χ1v) is 7.47. The van der Waals surface area contributed by atoms with Gasteiger partial charge in [0.25, 0.3) is 0 Å². The number of fused-ring (bicyclic) bond motifs is 1. The number of alkyl carbamates (subject to hydrolysis) is 1. The van der Waals surface area contributed by atoms with Crippen LogP contribution in [0.5, 0.6) is 0 Å². The summed E-state index contributed by atoms with van der Waals surface area (Å²) in [4.78, 5) is 37.0. The molecular weight excluding hydrogens is 326 g/mol. The van der Waals surface area contributed by atoms with Crippen molar-refractivity contribution in [2.75, 3.05) is 11.9 Å². The number of ether oxygens (including phenoxy) is 1. The highest BCUT2D eigenvalue weighted by atomic mass is 16.5. The lowest BCUT2D eigenvalue weighted by molar-refractivity contribution is -0.115. The van der Waals surface area contributed by atoms with Gasteiger partial charge < -0.3 is 19.8 Å². The van der Waals surface area contributed by atoms with Gasteiger partial charge >= 0.3 is 11.8 Å². The lowest BCUT2D eigenvalue weighted by Gasteiger charge is -2.08. The number of H-pyrrole nitrogens is 1. The largest absolute Gasteiger partial charge is 0.445 e. The fraction of sp³-hybridized carbons (Fsp3) is 0.118. The number of aromatic amines is 1. The molecule has 2 amide bonds. The summed E-state index contributed by atoms with van der Waals surface area (Å²) < 4.78 is 9.88. The molecular formula is C17H15N3O5. The highest BCUT2D eigenvalue weighted by Crippen LogP contribution is 2.15. The molecule has 1 heterocycles. The molecule has 8 nitrogen and oxygen atoms in total. The molecule has 2 aromatic carbocycles. The number of rotatable bonds is 5. The van der Waals surface area contributed by atoms with Gasteiger partial charge in [-0.25, -0.2) is 9.59 Å². The van der Waals surface area contributed by atoms with Crippen molar-refractivity contribution in [2.45, 2.75) is 6.61 Å². The first-order valence-electron chi connectivity index (χ1n) is 7.47. The Labute approximate surface area is 141 Å². The molecule has 0 aliphatic heterocycles. The van der Waals surface area contributed by atoms with E-state index >= 15 is 0 Å². The predicted octanol–water partition coefficient (Wildman–Crippen LogP) is 1.99. The van der Waals surface area contributed by atoms with Crippen LogP contribution in [-0.4, -0.2) is 23.5 Å². The molecule has 0 saturated carbocycles. The quantitative estimate of drug-likeness (QED) is 0.657. The maximum atomic E-state index is 11.9. The van der Waals surface area contributed by atoms with Crippen LogP contribution in [0.2, 0.25) is 0 Å². The molecule has 0 unspecified atom stereocenters. The van der Waals surface area contributed by atoms with Gasteiger partial charge in [0.15, 0.2) is 5.58 Å². The van der Waals surface area contributed by atoms with Gasteiger partial charge in [-0.15, -0.1) is 0 Å². The Morgan fingerprint density at radius 1 is 1.12 bits per heavy atom. The summed E-state index contributed by atoms with van der Waals surface area (Å²) in [5.74, 6) is -0.997. The fourth-order valence-corrected chi connectivity index (χ4v) is 2.16. The van der Waals surface area contributed by atoms with Crippen LogP contribution in [0.1, 0.15) is 5.56 Å². The van der Waals surface area contributed by atoms with Gasteiger partial charge in [-0.05, 0) is 23.8 Å². The SMILES string of the molecule is O=C(CNC(=O)OCc1ccccc1)Nc1ccc2oc(=O)[nH]c2c1. The highest BCUT2D eigenvalue weighted by molar-refractivity contribution is 5.95. The van der Waals surface area contributed by atoms with Crippen molar-refractivity contribution in [3.8, 4) is 0 Å². The van der Waals surface area contributed by atoms with Gasteiger partial charge in [0, 0.05) is 5.69 Å². The second-order valence-corrected chi connectivity index (χ2v) is 5.19. The zero-order valence-corrected chi connectivity index (χ0v) is 13.1. The number of amides is 2. The standard InChI is InChI=1S/C17H15N3O5/c21-15(9-18-16(22)24-10-11-4-2-1-3-5-11)19-12-6-7-14-13(8-12)20-17(23)25-14/h1-8H,9-10H2,(H,18,22)(H,19,21)(H,20,23). The van der Waals surface area contributed by atoms with Crippen LogP contribution < -0.4 is 16.4 Å². The van der Waals surface area contributed by atoms with Crippen LogP contribution in [0.25, 0.3) is 11.1 Å². The second-order valence-electron chi connectivity index (χ2n) is 5.19. The molecule has 25 heavy (non-hydrogen) atoms. The van der Waals surface area contributed by atoms with E-state index in [1.165, 1.54) is 0 Å². The van der Waals surface area contributed by atoms with Gasteiger partial charge in [-0.3, -0.25) is 9.78 Å². The number of benzene rings is 2. The number of carbonyl (C=O) groups is 2. The molecule has 3 N–H and O–H groups in total. The molecule has 3 aromatic rings. The Balaban J connectivity index is 1.46. The maximum absolute atomic E-state index is 11.9. The highest BCUT2D eigenvalue weighted by Gasteiger charge is 2.08. The molecule has 0 aliphatic rings. The summed E-state index contributed by atoms with van der Waals surface area (Å²) in [7, 11) is 0. The van der Waals surface area contributed by atoms with E-state index < -0.39 is 17.8 Å². The van der Waals surface area contributed by atoms with E-state index in [0.717, 1.165) is 5.56 Å². The number of anilines is 1. The van der Waals surface area contributed by atoms with Crippen LogP contribution in [0.3, 0.4) is 0 Å². The normalized spacial score (nSPS) is 10.4.